The number of hydrogen-bond donors (Lipinski definition) is 0. The quantitative estimate of drug-likeness (QED) is 0.108. The Morgan fingerprint density at radius 3 is 0.918 bits per heavy atom. The highest BCUT2D eigenvalue weighted by molar-refractivity contribution is 7.80. The van der Waals surface area contributed by atoms with E-state index in [4.69, 9.17) is 56.8 Å². The molecule has 0 radical (unpaired) electrons. The molecule has 2 aliphatic heterocycles. The lowest BCUT2D eigenvalue weighted by Gasteiger charge is -2.26. The van der Waals surface area contributed by atoms with Gasteiger partial charge in [-0.3, -0.25) is 0 Å². The molecule has 12 nitrogen and oxygen atoms in total. The molecule has 6 aromatic carbocycles. The van der Waals surface area contributed by atoms with Gasteiger partial charge in [0.15, 0.2) is 0 Å². The van der Waals surface area contributed by atoms with E-state index in [1.54, 1.807) is 0 Å². The highest BCUT2D eigenvalue weighted by Gasteiger charge is 2.27. The van der Waals surface area contributed by atoms with Crippen molar-refractivity contribution in [2.75, 3.05) is 92.5 Å². The molecule has 0 aromatic heterocycles. The van der Waals surface area contributed by atoms with Crippen molar-refractivity contribution < 1.29 is 56.8 Å². The zero-order chi connectivity index (χ0) is 50.5. The van der Waals surface area contributed by atoms with Crippen LogP contribution in [0.1, 0.15) is 34.1 Å². The maximum atomic E-state index is 6.50. The van der Waals surface area contributed by atoms with Crippen molar-refractivity contribution in [1.82, 2.24) is 0 Å². The average Bonchev–Trinajstić information content (AvgIpc) is 3.41. The molecule has 6 aromatic rings. The van der Waals surface area contributed by atoms with E-state index in [-0.39, 0.29) is 24.4 Å². The van der Waals surface area contributed by atoms with Crippen molar-refractivity contribution in [1.29, 1.82) is 0 Å². The topological polar surface area (TPSA) is 111 Å². The molecule has 0 bridgehead atoms. The Kier molecular flexibility index (Phi) is 21.5. The Hall–Kier alpha value is -5.26. The molecule has 73 heavy (non-hydrogen) atoms. The van der Waals surface area contributed by atoms with Crippen LogP contribution in [0, 0.1) is 0 Å². The fourth-order valence-corrected chi connectivity index (χ4v) is 13.1. The van der Waals surface area contributed by atoms with Crippen LogP contribution in [0.25, 0.3) is 0 Å². The van der Waals surface area contributed by atoms with Crippen molar-refractivity contribution in [3.8, 4) is 34.5 Å². The smallest absolute Gasteiger partial charge is 0.127 e. The summed E-state index contributed by atoms with van der Waals surface area (Å²) in [6, 6.07) is 49.9. The highest BCUT2D eigenvalue weighted by atomic mass is 31.1. The lowest BCUT2D eigenvalue weighted by molar-refractivity contribution is -0.0334. The predicted molar refractivity (Wildman–Crippen MR) is 291 cm³/mol. The molecular formula is C59H70O12P2. The zero-order valence-electron chi connectivity index (χ0n) is 42.6. The molecule has 0 saturated carbocycles. The minimum absolute atomic E-state index is 0.122. The number of ether oxygens (including phenoxy) is 12. The summed E-state index contributed by atoms with van der Waals surface area (Å²) in [5.41, 5.74) is 0. The van der Waals surface area contributed by atoms with Gasteiger partial charge in [-0.15, -0.1) is 0 Å². The summed E-state index contributed by atoms with van der Waals surface area (Å²) >= 11 is 0. The maximum absolute atomic E-state index is 6.50. The summed E-state index contributed by atoms with van der Waals surface area (Å²) in [7, 11) is -2.22. The zero-order valence-corrected chi connectivity index (χ0v) is 44.4. The van der Waals surface area contributed by atoms with Crippen molar-refractivity contribution in [2.24, 2.45) is 0 Å². The first-order chi connectivity index (χ1) is 35.9. The second kappa shape index (κ2) is 29.0. The molecule has 0 spiro atoms. The fourth-order valence-electron chi connectivity index (χ4n) is 8.15. The van der Waals surface area contributed by atoms with Crippen LogP contribution < -0.4 is 60.2 Å². The Labute approximate surface area is 433 Å². The normalized spacial score (nSPS) is 20.7. The molecule has 388 valence electrons. The van der Waals surface area contributed by atoms with E-state index in [2.05, 4.69) is 72.8 Å². The Bertz CT molecular complexity index is 2250. The highest BCUT2D eigenvalue weighted by Crippen LogP contribution is 2.42. The van der Waals surface area contributed by atoms with Crippen molar-refractivity contribution in [3.05, 3.63) is 146 Å². The molecule has 4 atom stereocenters. The van der Waals surface area contributed by atoms with Gasteiger partial charge in [-0.05, 0) is 103 Å². The van der Waals surface area contributed by atoms with Gasteiger partial charge in [-0.1, -0.05) is 97.1 Å². The van der Waals surface area contributed by atoms with E-state index in [1.165, 1.54) is 0 Å². The summed E-state index contributed by atoms with van der Waals surface area (Å²) in [6.07, 6.45) is 0.210. The lowest BCUT2D eigenvalue weighted by atomic mass is 10.3. The molecule has 8 rings (SSSR count). The van der Waals surface area contributed by atoms with Crippen LogP contribution in [0.3, 0.4) is 0 Å². The standard InChI is InChI=1S/C59H70O12P2/c1-44-40-68-52-14-5-9-18-56(52)72(57-19-10-6-15-53(57)69-41-45(2)63-37-33-60-32-36-62-44)50-26-22-48(23-27-50)66-30-13-31-67-49-24-28-51(29-25-49)73-58-20-11-7-16-54(58)70-42-46(3)64-38-34-61-35-39-65-47(4)43-71-55-17-8-12-21-59(55)73/h5-12,14-29,44-47H,13,30-43H2,1-4H3/t44-,45-,46-,47-/m0/s1. The van der Waals surface area contributed by atoms with Crippen LogP contribution >= 0.6 is 15.8 Å². The van der Waals surface area contributed by atoms with E-state index >= 15 is 0 Å². The van der Waals surface area contributed by atoms with Gasteiger partial charge in [0.2, 0.25) is 0 Å². The molecule has 0 amide bonds. The number of para-hydroxylation sites is 4. The third-order valence-corrected chi connectivity index (χ3v) is 16.9. The van der Waals surface area contributed by atoms with Gasteiger partial charge in [0, 0.05) is 27.6 Å². The van der Waals surface area contributed by atoms with Gasteiger partial charge in [-0.2, -0.15) is 0 Å². The largest absolute Gasteiger partial charge is 0.493 e. The fraction of sp³-hybridized carbons (Fsp3) is 0.390. The van der Waals surface area contributed by atoms with E-state index in [1.807, 2.05) is 100 Å². The van der Waals surface area contributed by atoms with Crippen LogP contribution in [-0.2, 0) is 28.4 Å². The summed E-state index contributed by atoms with van der Waals surface area (Å²) in [5.74, 6) is 4.83. The van der Waals surface area contributed by atoms with Crippen LogP contribution in [0.4, 0.5) is 0 Å². The lowest BCUT2D eigenvalue weighted by Crippen LogP contribution is -2.28. The molecule has 2 heterocycles. The predicted octanol–water partition coefficient (Wildman–Crippen LogP) is 8.25. The molecule has 0 fully saturated rings. The van der Waals surface area contributed by atoms with Gasteiger partial charge in [-0.25, -0.2) is 0 Å². The van der Waals surface area contributed by atoms with Gasteiger partial charge >= 0.3 is 0 Å². The first kappa shape index (κ1) is 54.0. The second-order valence-electron chi connectivity index (χ2n) is 17.8. The SMILES string of the molecule is C[C@H]1COc2ccccc2P(c2ccc(OCCCOc3ccc(P4c5ccccc5OC[C@H](C)OCCOCCO[C@@H](C)COc5ccccc54)cc3)cc2)c2ccccc2OC[C@H](C)OCCOCCO1. The van der Waals surface area contributed by atoms with Crippen LogP contribution in [0.15, 0.2) is 146 Å². The van der Waals surface area contributed by atoms with Crippen LogP contribution in [0.2, 0.25) is 0 Å². The number of rotatable bonds is 8. The van der Waals surface area contributed by atoms with Crippen LogP contribution in [-0.4, -0.2) is 117 Å². The average molecular weight is 1030 g/mol. The molecule has 0 aliphatic carbocycles. The van der Waals surface area contributed by atoms with Gasteiger partial charge in [0.25, 0.3) is 0 Å². The van der Waals surface area contributed by atoms with Gasteiger partial charge in [0.1, 0.15) is 60.9 Å². The number of hydrogen-bond acceptors (Lipinski definition) is 12. The van der Waals surface area contributed by atoms with Crippen molar-refractivity contribution >= 4 is 47.7 Å². The molecular weight excluding hydrogens is 963 g/mol. The summed E-state index contributed by atoms with van der Waals surface area (Å²) in [6.45, 7) is 14.6. The summed E-state index contributed by atoms with van der Waals surface area (Å²) in [5, 5.41) is 6.62. The second-order valence-corrected chi connectivity index (χ2v) is 22.1. The van der Waals surface area contributed by atoms with Crippen molar-refractivity contribution in [2.45, 2.75) is 58.5 Å². The van der Waals surface area contributed by atoms with E-state index in [9.17, 15) is 0 Å². The minimum Gasteiger partial charge on any atom is -0.493 e. The molecule has 14 heteroatoms. The molecule has 0 N–H and O–H groups in total. The van der Waals surface area contributed by atoms with Gasteiger partial charge in [0.05, 0.1) is 90.5 Å². The number of benzene rings is 6. The van der Waals surface area contributed by atoms with Crippen molar-refractivity contribution in [3.63, 3.8) is 0 Å². The molecule has 0 saturated heterocycles. The minimum atomic E-state index is -1.11. The third-order valence-electron chi connectivity index (χ3n) is 11.9. The van der Waals surface area contributed by atoms with E-state index in [0.717, 1.165) is 66.3 Å². The molecule has 2 aliphatic rings. The monoisotopic (exact) mass is 1030 g/mol. The Balaban J connectivity index is 0.938. The first-order valence-corrected chi connectivity index (χ1v) is 28.1. The van der Waals surface area contributed by atoms with E-state index in [0.29, 0.717) is 98.9 Å². The first-order valence-electron chi connectivity index (χ1n) is 25.4. The molecule has 0 unspecified atom stereocenters. The van der Waals surface area contributed by atoms with Gasteiger partial charge < -0.3 is 56.8 Å². The maximum Gasteiger partial charge on any atom is 0.127 e. The number of fused-ring (bicyclic) bond motifs is 4. The summed E-state index contributed by atoms with van der Waals surface area (Å²) < 4.78 is 74.1. The Morgan fingerprint density at radius 1 is 0.356 bits per heavy atom. The van der Waals surface area contributed by atoms with Crippen LogP contribution in [0.5, 0.6) is 34.5 Å². The van der Waals surface area contributed by atoms with E-state index < -0.39 is 15.8 Å². The third kappa shape index (κ3) is 16.4. The Morgan fingerprint density at radius 2 is 0.630 bits per heavy atom. The summed E-state index contributed by atoms with van der Waals surface area (Å²) in [4.78, 5) is 0.